The summed E-state index contributed by atoms with van der Waals surface area (Å²) in [4.78, 5) is 5.23. The summed E-state index contributed by atoms with van der Waals surface area (Å²) in [7, 11) is 0. The molecule has 0 spiro atoms. The Kier molecular flexibility index (Phi) is 6.51. The Morgan fingerprint density at radius 2 is 1.85 bits per heavy atom. The molecule has 1 unspecified atom stereocenters. The zero-order valence-corrected chi connectivity index (χ0v) is 12.8. The van der Waals surface area contributed by atoms with Crippen molar-refractivity contribution in [3.05, 3.63) is 35.9 Å². The van der Waals surface area contributed by atoms with Gasteiger partial charge in [-0.05, 0) is 51.4 Å². The first kappa shape index (κ1) is 15.5. The van der Waals surface area contributed by atoms with Crippen LogP contribution in [-0.4, -0.2) is 49.1 Å². The van der Waals surface area contributed by atoms with Crippen LogP contribution in [0.2, 0.25) is 0 Å². The maximum Gasteiger partial charge on any atom is 0.0320 e. The van der Waals surface area contributed by atoms with Gasteiger partial charge < -0.3 is 10.6 Å². The summed E-state index contributed by atoms with van der Waals surface area (Å²) >= 11 is 0. The maximum atomic E-state index is 5.57. The highest BCUT2D eigenvalue weighted by molar-refractivity contribution is 5.18. The van der Waals surface area contributed by atoms with Gasteiger partial charge in [-0.3, -0.25) is 4.90 Å². The van der Waals surface area contributed by atoms with Crippen LogP contribution in [0, 0.1) is 0 Å². The lowest BCUT2D eigenvalue weighted by Gasteiger charge is -2.28. The lowest BCUT2D eigenvalue weighted by atomic mass is 10.1. The van der Waals surface area contributed by atoms with E-state index in [0.29, 0.717) is 6.04 Å². The molecule has 3 nitrogen and oxygen atoms in total. The van der Waals surface area contributed by atoms with Gasteiger partial charge in [0.05, 0.1) is 0 Å². The van der Waals surface area contributed by atoms with Gasteiger partial charge in [-0.1, -0.05) is 30.3 Å². The first-order chi connectivity index (χ1) is 9.81. The number of unbranched alkanes of at least 4 members (excludes halogenated alkanes) is 1. The largest absolute Gasteiger partial charge is 0.330 e. The molecule has 0 aliphatic carbocycles. The quantitative estimate of drug-likeness (QED) is 0.810. The van der Waals surface area contributed by atoms with Gasteiger partial charge in [0.1, 0.15) is 0 Å². The Labute approximate surface area is 123 Å². The summed E-state index contributed by atoms with van der Waals surface area (Å²) in [5, 5.41) is 0. The van der Waals surface area contributed by atoms with Crippen LogP contribution in [0.5, 0.6) is 0 Å². The summed E-state index contributed by atoms with van der Waals surface area (Å²) in [6.45, 7) is 9.20. The molecule has 1 saturated heterocycles. The number of nitrogens with two attached hydrogens (primary N) is 1. The Hall–Kier alpha value is -0.900. The van der Waals surface area contributed by atoms with E-state index in [0.717, 1.165) is 13.0 Å². The van der Waals surface area contributed by atoms with Crippen molar-refractivity contribution < 1.29 is 0 Å². The van der Waals surface area contributed by atoms with Crippen LogP contribution in [-0.2, 0) is 0 Å². The zero-order chi connectivity index (χ0) is 14.2. The standard InChI is InChI=1S/C17H29N3/c1-16(17-8-3-2-4-9-17)20-13-7-12-19(14-15-20)11-6-5-10-18/h2-4,8-9,16H,5-7,10-15,18H2,1H3. The fourth-order valence-electron chi connectivity index (χ4n) is 3.02. The summed E-state index contributed by atoms with van der Waals surface area (Å²) in [5.74, 6) is 0. The highest BCUT2D eigenvalue weighted by Crippen LogP contribution is 2.21. The molecule has 1 fully saturated rings. The average Bonchev–Trinajstić information content (AvgIpc) is 2.73. The summed E-state index contributed by atoms with van der Waals surface area (Å²) in [6.07, 6.45) is 3.67. The average molecular weight is 275 g/mol. The van der Waals surface area contributed by atoms with Crippen LogP contribution in [0.15, 0.2) is 30.3 Å². The SMILES string of the molecule is CC(c1ccccc1)N1CCCN(CCCCN)CC1. The van der Waals surface area contributed by atoms with Gasteiger partial charge in [0.15, 0.2) is 0 Å². The summed E-state index contributed by atoms with van der Waals surface area (Å²) in [5.41, 5.74) is 7.01. The van der Waals surface area contributed by atoms with Crippen molar-refractivity contribution >= 4 is 0 Å². The van der Waals surface area contributed by atoms with Crippen molar-refractivity contribution in [2.75, 3.05) is 39.3 Å². The highest BCUT2D eigenvalue weighted by atomic mass is 15.2. The lowest BCUT2D eigenvalue weighted by Crippen LogP contribution is -2.33. The molecule has 1 heterocycles. The molecule has 1 aromatic rings. The maximum absolute atomic E-state index is 5.57. The molecule has 0 amide bonds. The van der Waals surface area contributed by atoms with E-state index in [-0.39, 0.29) is 0 Å². The second-order valence-corrected chi connectivity index (χ2v) is 5.81. The number of benzene rings is 1. The third-order valence-corrected chi connectivity index (χ3v) is 4.38. The Morgan fingerprint density at radius 1 is 1.05 bits per heavy atom. The minimum absolute atomic E-state index is 0.528. The number of hydrogen-bond donors (Lipinski definition) is 1. The molecule has 2 rings (SSSR count). The van der Waals surface area contributed by atoms with Crippen LogP contribution in [0.25, 0.3) is 0 Å². The molecule has 1 aromatic carbocycles. The molecular formula is C17H29N3. The van der Waals surface area contributed by atoms with E-state index < -0.39 is 0 Å². The molecule has 112 valence electrons. The van der Waals surface area contributed by atoms with E-state index in [1.54, 1.807) is 0 Å². The van der Waals surface area contributed by atoms with Crippen LogP contribution in [0.4, 0.5) is 0 Å². The fraction of sp³-hybridized carbons (Fsp3) is 0.647. The minimum atomic E-state index is 0.528. The van der Waals surface area contributed by atoms with Gasteiger partial charge in [0, 0.05) is 25.7 Å². The van der Waals surface area contributed by atoms with Crippen LogP contribution in [0.3, 0.4) is 0 Å². The molecule has 0 radical (unpaired) electrons. The monoisotopic (exact) mass is 275 g/mol. The molecule has 3 heteroatoms. The second kappa shape index (κ2) is 8.40. The molecule has 0 bridgehead atoms. The predicted octanol–water partition coefficient (Wildman–Crippen LogP) is 2.49. The molecule has 1 atom stereocenters. The molecule has 1 aliphatic heterocycles. The molecule has 1 aliphatic rings. The van der Waals surface area contributed by atoms with Crippen molar-refractivity contribution in [3.63, 3.8) is 0 Å². The Bertz CT molecular complexity index is 366. The molecule has 0 saturated carbocycles. The van der Waals surface area contributed by atoms with E-state index in [9.17, 15) is 0 Å². The first-order valence-electron chi connectivity index (χ1n) is 8.02. The topological polar surface area (TPSA) is 32.5 Å². The molecule has 0 aromatic heterocycles. The fourth-order valence-corrected chi connectivity index (χ4v) is 3.02. The van der Waals surface area contributed by atoms with Crippen LogP contribution in [0.1, 0.15) is 37.8 Å². The Balaban J connectivity index is 1.83. The van der Waals surface area contributed by atoms with Crippen molar-refractivity contribution in [2.24, 2.45) is 5.73 Å². The molecular weight excluding hydrogens is 246 g/mol. The van der Waals surface area contributed by atoms with Gasteiger partial charge in [-0.25, -0.2) is 0 Å². The minimum Gasteiger partial charge on any atom is -0.330 e. The first-order valence-corrected chi connectivity index (χ1v) is 8.02. The highest BCUT2D eigenvalue weighted by Gasteiger charge is 2.19. The molecule has 2 N–H and O–H groups in total. The lowest BCUT2D eigenvalue weighted by molar-refractivity contribution is 0.210. The van der Waals surface area contributed by atoms with E-state index >= 15 is 0 Å². The Morgan fingerprint density at radius 3 is 2.60 bits per heavy atom. The predicted molar refractivity (Wildman–Crippen MR) is 85.8 cm³/mol. The van der Waals surface area contributed by atoms with Crippen LogP contribution < -0.4 is 5.73 Å². The third kappa shape index (κ3) is 4.58. The van der Waals surface area contributed by atoms with Crippen molar-refractivity contribution in [2.45, 2.75) is 32.2 Å². The summed E-state index contributed by atoms with van der Waals surface area (Å²) < 4.78 is 0. The van der Waals surface area contributed by atoms with Gasteiger partial charge in [-0.2, -0.15) is 0 Å². The van der Waals surface area contributed by atoms with Gasteiger partial charge in [-0.15, -0.1) is 0 Å². The molecule has 20 heavy (non-hydrogen) atoms. The third-order valence-electron chi connectivity index (χ3n) is 4.38. The number of rotatable bonds is 6. The smallest absolute Gasteiger partial charge is 0.0320 e. The summed E-state index contributed by atoms with van der Waals surface area (Å²) in [6, 6.07) is 11.4. The van der Waals surface area contributed by atoms with Crippen LogP contribution >= 0.6 is 0 Å². The van der Waals surface area contributed by atoms with E-state index in [1.165, 1.54) is 51.1 Å². The van der Waals surface area contributed by atoms with Crippen molar-refractivity contribution in [3.8, 4) is 0 Å². The van der Waals surface area contributed by atoms with Gasteiger partial charge in [0.2, 0.25) is 0 Å². The number of nitrogens with zero attached hydrogens (tertiary/aromatic N) is 2. The second-order valence-electron chi connectivity index (χ2n) is 5.81. The van der Waals surface area contributed by atoms with Crippen molar-refractivity contribution in [1.29, 1.82) is 0 Å². The van der Waals surface area contributed by atoms with E-state index in [1.807, 2.05) is 0 Å². The van der Waals surface area contributed by atoms with Gasteiger partial charge >= 0.3 is 0 Å². The van der Waals surface area contributed by atoms with E-state index in [4.69, 9.17) is 5.73 Å². The van der Waals surface area contributed by atoms with E-state index in [2.05, 4.69) is 47.1 Å². The van der Waals surface area contributed by atoms with Crippen molar-refractivity contribution in [1.82, 2.24) is 9.80 Å². The van der Waals surface area contributed by atoms with Gasteiger partial charge in [0.25, 0.3) is 0 Å². The number of hydrogen-bond acceptors (Lipinski definition) is 3. The normalized spacial score (nSPS) is 19.7. The zero-order valence-electron chi connectivity index (χ0n) is 12.8.